The van der Waals surface area contributed by atoms with E-state index in [2.05, 4.69) is 30.9 Å². The largest absolute Gasteiger partial charge is 0.416 e. The zero-order valence-corrected chi connectivity index (χ0v) is 18.0. The smallest absolute Gasteiger partial charge is 0.391 e. The van der Waals surface area contributed by atoms with Crippen LogP contribution >= 0.6 is 0 Å². The minimum absolute atomic E-state index is 0.00849. The Morgan fingerprint density at radius 2 is 1.91 bits per heavy atom. The van der Waals surface area contributed by atoms with Gasteiger partial charge >= 0.3 is 12.3 Å². The lowest BCUT2D eigenvalue weighted by Crippen LogP contribution is -2.36. The van der Waals surface area contributed by atoms with Gasteiger partial charge in [-0.1, -0.05) is 17.3 Å². The monoisotopic (exact) mass is 485 g/mol. The van der Waals surface area contributed by atoms with Gasteiger partial charge in [0.2, 0.25) is 5.88 Å². The molecule has 0 saturated carbocycles. The zero-order valence-electron chi connectivity index (χ0n) is 18.0. The van der Waals surface area contributed by atoms with Gasteiger partial charge in [-0.3, -0.25) is 9.89 Å². The summed E-state index contributed by atoms with van der Waals surface area (Å²) in [4.78, 5) is 26.8. The quantitative estimate of drug-likeness (QED) is 0.407. The maximum Gasteiger partial charge on any atom is 0.416 e. The van der Waals surface area contributed by atoms with Gasteiger partial charge in [0, 0.05) is 24.2 Å². The summed E-state index contributed by atoms with van der Waals surface area (Å²) in [6.45, 7) is 0.620. The molecule has 1 aliphatic rings. The minimum Gasteiger partial charge on any atom is -0.391 e. The van der Waals surface area contributed by atoms with E-state index in [4.69, 9.17) is 4.74 Å². The van der Waals surface area contributed by atoms with Crippen molar-refractivity contribution in [3.8, 4) is 5.88 Å². The number of hydrogen-bond acceptors (Lipinski definition) is 6. The van der Waals surface area contributed by atoms with Crippen molar-refractivity contribution in [3.63, 3.8) is 0 Å². The summed E-state index contributed by atoms with van der Waals surface area (Å²) in [5.74, 6) is -0.0126. The van der Waals surface area contributed by atoms with E-state index in [9.17, 15) is 22.8 Å². The van der Waals surface area contributed by atoms with Crippen molar-refractivity contribution < 1.29 is 27.5 Å². The van der Waals surface area contributed by atoms with E-state index in [0.717, 1.165) is 17.6 Å². The number of H-pyrrole nitrogens is 2. The second kappa shape index (κ2) is 8.74. The van der Waals surface area contributed by atoms with Gasteiger partial charge in [-0.2, -0.15) is 18.3 Å². The molecule has 2 amide bonds. The first-order valence-corrected chi connectivity index (χ1v) is 10.6. The molecule has 4 aromatic rings. The first-order chi connectivity index (χ1) is 16.8. The average Bonchev–Trinajstić information content (AvgIpc) is 3.48. The average molecular weight is 485 g/mol. The van der Waals surface area contributed by atoms with Crippen LogP contribution in [0.1, 0.15) is 32.7 Å². The molecule has 0 saturated heterocycles. The molecule has 0 unspecified atom stereocenters. The summed E-state index contributed by atoms with van der Waals surface area (Å²) in [5, 5.41) is 19.7. The topological polar surface area (TPSA) is 129 Å². The maximum atomic E-state index is 12.9. The van der Waals surface area contributed by atoms with Gasteiger partial charge in [0.1, 0.15) is 5.52 Å². The zero-order chi connectivity index (χ0) is 24.6. The van der Waals surface area contributed by atoms with Crippen molar-refractivity contribution in [1.29, 1.82) is 0 Å². The standard InChI is InChI=1S/C22H18F3N7O3/c23-22(24,25)14-4-1-12(2-5-14)10-26-21(34)35-19-15-7-8-32(11-18(15)27-30-19)20(33)13-3-6-16-17(9-13)29-31-28-16/h1-6,9H,7-8,10-11H2,(H,26,34)(H,27,30)(H,28,29,31). The second-order valence-electron chi connectivity index (χ2n) is 7.94. The van der Waals surface area contributed by atoms with Gasteiger partial charge in [-0.05, 0) is 42.3 Å². The fourth-order valence-electron chi connectivity index (χ4n) is 3.81. The van der Waals surface area contributed by atoms with Gasteiger partial charge in [-0.25, -0.2) is 9.89 Å². The second-order valence-corrected chi connectivity index (χ2v) is 7.94. The van der Waals surface area contributed by atoms with E-state index < -0.39 is 17.8 Å². The van der Waals surface area contributed by atoms with E-state index in [1.165, 1.54) is 12.1 Å². The van der Waals surface area contributed by atoms with Crippen LogP contribution in [0.25, 0.3) is 11.0 Å². The highest BCUT2D eigenvalue weighted by Crippen LogP contribution is 2.29. The molecule has 0 radical (unpaired) electrons. The number of fused-ring (bicyclic) bond motifs is 2. The third kappa shape index (κ3) is 4.65. The summed E-state index contributed by atoms with van der Waals surface area (Å²) >= 11 is 0. The van der Waals surface area contributed by atoms with Crippen LogP contribution in [0.2, 0.25) is 0 Å². The predicted octanol–water partition coefficient (Wildman–Crippen LogP) is 3.19. The lowest BCUT2D eigenvalue weighted by molar-refractivity contribution is -0.137. The highest BCUT2D eigenvalue weighted by Gasteiger charge is 2.30. The van der Waals surface area contributed by atoms with Crippen LogP contribution in [0.4, 0.5) is 18.0 Å². The Morgan fingerprint density at radius 1 is 1.11 bits per heavy atom. The van der Waals surface area contributed by atoms with Gasteiger partial charge in [0.15, 0.2) is 0 Å². The molecule has 5 rings (SSSR count). The molecule has 35 heavy (non-hydrogen) atoms. The first-order valence-electron chi connectivity index (χ1n) is 10.6. The number of carbonyl (C=O) groups excluding carboxylic acids is 2. The molecule has 2 aromatic carbocycles. The Kier molecular flexibility index (Phi) is 5.59. The van der Waals surface area contributed by atoms with Crippen LogP contribution in [0.5, 0.6) is 5.88 Å². The van der Waals surface area contributed by atoms with Gasteiger partial charge < -0.3 is 15.0 Å². The molecule has 0 bridgehead atoms. The Labute approximate surface area is 195 Å². The summed E-state index contributed by atoms with van der Waals surface area (Å²) in [7, 11) is 0. The summed E-state index contributed by atoms with van der Waals surface area (Å²) in [5.41, 5.74) is 2.78. The number of nitrogens with zero attached hydrogens (tertiary/aromatic N) is 4. The van der Waals surface area contributed by atoms with E-state index in [1.807, 2.05) is 0 Å². The Balaban J connectivity index is 1.18. The molecule has 3 heterocycles. The Bertz CT molecular complexity index is 1400. The number of ether oxygens (including phenoxy) is 1. The molecular formula is C22H18F3N7O3. The van der Waals surface area contributed by atoms with Crippen molar-refractivity contribution in [2.75, 3.05) is 6.54 Å². The molecule has 10 nitrogen and oxygen atoms in total. The highest BCUT2D eigenvalue weighted by atomic mass is 19.4. The van der Waals surface area contributed by atoms with Crippen molar-refractivity contribution in [3.05, 3.63) is 70.4 Å². The molecule has 0 aliphatic carbocycles. The number of aromatic amines is 2. The molecular weight excluding hydrogens is 467 g/mol. The number of alkyl halides is 3. The Hall–Kier alpha value is -4.42. The van der Waals surface area contributed by atoms with Crippen molar-refractivity contribution in [1.82, 2.24) is 35.8 Å². The van der Waals surface area contributed by atoms with E-state index in [-0.39, 0.29) is 24.9 Å². The lowest BCUT2D eigenvalue weighted by atomic mass is 10.1. The highest BCUT2D eigenvalue weighted by molar-refractivity contribution is 5.97. The minimum atomic E-state index is -4.42. The fourth-order valence-corrected chi connectivity index (χ4v) is 3.81. The van der Waals surface area contributed by atoms with Gasteiger partial charge in [0.25, 0.3) is 5.91 Å². The van der Waals surface area contributed by atoms with Crippen molar-refractivity contribution >= 4 is 23.0 Å². The van der Waals surface area contributed by atoms with Crippen LogP contribution in [-0.2, 0) is 25.7 Å². The maximum absolute atomic E-state index is 12.9. The van der Waals surface area contributed by atoms with E-state index in [1.54, 1.807) is 23.1 Å². The van der Waals surface area contributed by atoms with Crippen LogP contribution in [-0.4, -0.2) is 49.1 Å². The molecule has 13 heteroatoms. The molecule has 0 atom stereocenters. The third-order valence-electron chi connectivity index (χ3n) is 5.66. The third-order valence-corrected chi connectivity index (χ3v) is 5.66. The number of rotatable bonds is 4. The van der Waals surface area contributed by atoms with Crippen molar-refractivity contribution in [2.45, 2.75) is 25.7 Å². The number of aromatic nitrogens is 5. The number of benzene rings is 2. The number of halogens is 3. The molecule has 0 spiro atoms. The normalized spacial score (nSPS) is 13.5. The SMILES string of the molecule is O=C(NCc1ccc(C(F)(F)F)cc1)Oc1[nH]nc2c1CCN(C(=O)c1ccc3[nH]nnc3c1)C2. The van der Waals surface area contributed by atoms with Crippen LogP contribution in [0.3, 0.4) is 0 Å². The first kappa shape index (κ1) is 22.4. The van der Waals surface area contributed by atoms with Crippen LogP contribution in [0, 0.1) is 0 Å². The fraction of sp³-hybridized carbons (Fsp3) is 0.227. The summed E-state index contributed by atoms with van der Waals surface area (Å²) in [6.07, 6.45) is -4.78. The molecule has 180 valence electrons. The van der Waals surface area contributed by atoms with Crippen molar-refractivity contribution in [2.24, 2.45) is 0 Å². The number of amides is 2. The number of nitrogens with one attached hydrogen (secondary N) is 3. The van der Waals surface area contributed by atoms with E-state index in [0.29, 0.717) is 40.9 Å². The molecule has 1 aliphatic heterocycles. The lowest BCUT2D eigenvalue weighted by Gasteiger charge is -2.26. The van der Waals surface area contributed by atoms with E-state index >= 15 is 0 Å². The molecule has 3 N–H and O–H groups in total. The summed E-state index contributed by atoms with van der Waals surface area (Å²) < 4.78 is 43.3. The molecule has 2 aromatic heterocycles. The molecule has 0 fully saturated rings. The summed E-state index contributed by atoms with van der Waals surface area (Å²) in [6, 6.07) is 9.56. The van der Waals surface area contributed by atoms with Gasteiger partial charge in [-0.15, -0.1) is 5.10 Å². The predicted molar refractivity (Wildman–Crippen MR) is 115 cm³/mol. The Morgan fingerprint density at radius 3 is 2.69 bits per heavy atom. The van der Waals surface area contributed by atoms with Crippen LogP contribution < -0.4 is 10.1 Å². The van der Waals surface area contributed by atoms with Crippen LogP contribution in [0.15, 0.2) is 42.5 Å². The van der Waals surface area contributed by atoms with Gasteiger partial charge in [0.05, 0.1) is 23.3 Å². The number of carbonyl (C=O) groups is 2. The number of hydrogen-bond donors (Lipinski definition) is 3.